The van der Waals surface area contributed by atoms with Crippen LogP contribution in [-0.2, 0) is 19.6 Å². The van der Waals surface area contributed by atoms with Gasteiger partial charge in [-0.2, -0.15) is 10.2 Å². The van der Waals surface area contributed by atoms with E-state index in [1.165, 1.54) is 0 Å². The number of aryl methyl sites for hydroxylation is 2. The first-order chi connectivity index (χ1) is 9.17. The Kier molecular flexibility index (Phi) is 4.61. The van der Waals surface area contributed by atoms with Gasteiger partial charge in [0.05, 0.1) is 28.6 Å². The van der Waals surface area contributed by atoms with Gasteiger partial charge in [0.1, 0.15) is 0 Å². The number of nitrogens with zero attached hydrogens (tertiary/aromatic N) is 4. The predicted octanol–water partition coefficient (Wildman–Crippen LogP) is 2.22. The van der Waals surface area contributed by atoms with E-state index in [9.17, 15) is 0 Å². The molecular weight excluding hydrogens is 262 g/mol. The van der Waals surface area contributed by atoms with E-state index in [2.05, 4.69) is 29.4 Å². The molecule has 0 saturated carbocycles. The number of aromatic nitrogens is 4. The summed E-state index contributed by atoms with van der Waals surface area (Å²) in [4.78, 5) is 0. The van der Waals surface area contributed by atoms with Gasteiger partial charge in [0.25, 0.3) is 0 Å². The Hall–Kier alpha value is -1.33. The van der Waals surface area contributed by atoms with Gasteiger partial charge in [-0.15, -0.1) is 0 Å². The fourth-order valence-corrected chi connectivity index (χ4v) is 2.26. The van der Waals surface area contributed by atoms with Gasteiger partial charge in [0, 0.05) is 19.3 Å². The number of hydrogen-bond acceptors (Lipinski definition) is 3. The van der Waals surface area contributed by atoms with E-state index in [-0.39, 0.29) is 0 Å². The van der Waals surface area contributed by atoms with Crippen LogP contribution < -0.4 is 5.32 Å². The summed E-state index contributed by atoms with van der Waals surface area (Å²) in [5.74, 6) is 0. The van der Waals surface area contributed by atoms with Crippen LogP contribution in [0, 0.1) is 6.92 Å². The Morgan fingerprint density at radius 1 is 1.32 bits per heavy atom. The van der Waals surface area contributed by atoms with Crippen LogP contribution in [0.3, 0.4) is 0 Å². The highest BCUT2D eigenvalue weighted by Crippen LogP contribution is 2.21. The van der Waals surface area contributed by atoms with Crippen molar-refractivity contribution >= 4 is 11.6 Å². The van der Waals surface area contributed by atoms with Gasteiger partial charge in [-0.05, 0) is 26.5 Å². The molecule has 19 heavy (non-hydrogen) atoms. The van der Waals surface area contributed by atoms with Gasteiger partial charge >= 0.3 is 0 Å². The van der Waals surface area contributed by atoms with E-state index in [0.29, 0.717) is 6.54 Å². The van der Waals surface area contributed by atoms with Crippen molar-refractivity contribution in [2.24, 2.45) is 0 Å². The van der Waals surface area contributed by atoms with Crippen molar-refractivity contribution in [2.45, 2.75) is 40.4 Å². The fraction of sp³-hybridized carbons (Fsp3) is 0.538. The molecule has 6 heteroatoms. The monoisotopic (exact) mass is 281 g/mol. The molecule has 2 aromatic rings. The molecule has 0 aliphatic rings. The predicted molar refractivity (Wildman–Crippen MR) is 76.4 cm³/mol. The molecule has 2 aromatic heterocycles. The van der Waals surface area contributed by atoms with Gasteiger partial charge < -0.3 is 5.32 Å². The van der Waals surface area contributed by atoms with Crippen LogP contribution in [0.4, 0.5) is 0 Å². The summed E-state index contributed by atoms with van der Waals surface area (Å²) in [6.45, 7) is 9.31. The van der Waals surface area contributed by atoms with E-state index in [1.807, 2.05) is 28.6 Å². The average molecular weight is 282 g/mol. The van der Waals surface area contributed by atoms with Gasteiger partial charge in [0.2, 0.25) is 0 Å². The minimum Gasteiger partial charge on any atom is -0.311 e. The second-order valence-corrected chi connectivity index (χ2v) is 4.80. The maximum Gasteiger partial charge on any atom is 0.0866 e. The summed E-state index contributed by atoms with van der Waals surface area (Å²) in [5.41, 5.74) is 3.04. The summed E-state index contributed by atoms with van der Waals surface area (Å²) in [6.07, 6.45) is 1.82. The quantitative estimate of drug-likeness (QED) is 0.883. The second-order valence-electron chi connectivity index (χ2n) is 4.42. The SMILES string of the molecule is CCNCc1ccnn1Cc1c(Cl)c(C)nn1CC. The minimum absolute atomic E-state index is 0.654. The van der Waals surface area contributed by atoms with Gasteiger partial charge in [-0.3, -0.25) is 9.36 Å². The zero-order valence-corrected chi connectivity index (χ0v) is 12.4. The van der Waals surface area contributed by atoms with Crippen LogP contribution >= 0.6 is 11.6 Å². The first-order valence-electron chi connectivity index (χ1n) is 6.60. The molecular formula is C13H20ClN5. The summed E-state index contributed by atoms with van der Waals surface area (Å²) < 4.78 is 3.91. The molecule has 104 valence electrons. The third-order valence-corrected chi connectivity index (χ3v) is 3.60. The first kappa shape index (κ1) is 14.1. The van der Waals surface area contributed by atoms with Crippen LogP contribution in [0.15, 0.2) is 12.3 Å². The minimum atomic E-state index is 0.654. The first-order valence-corrected chi connectivity index (χ1v) is 6.98. The Morgan fingerprint density at radius 2 is 2.11 bits per heavy atom. The lowest BCUT2D eigenvalue weighted by atomic mass is 10.3. The molecule has 2 rings (SSSR count). The molecule has 0 fully saturated rings. The average Bonchev–Trinajstić information content (AvgIpc) is 2.96. The Balaban J connectivity index is 2.24. The van der Waals surface area contributed by atoms with Crippen molar-refractivity contribution in [2.75, 3.05) is 6.54 Å². The molecule has 0 saturated heterocycles. The van der Waals surface area contributed by atoms with Crippen LogP contribution in [0.2, 0.25) is 5.02 Å². The number of rotatable bonds is 6. The summed E-state index contributed by atoms with van der Waals surface area (Å²) in [7, 11) is 0. The Bertz CT molecular complexity index is 543. The zero-order valence-electron chi connectivity index (χ0n) is 11.6. The number of hydrogen-bond donors (Lipinski definition) is 1. The highest BCUT2D eigenvalue weighted by atomic mass is 35.5. The molecule has 0 unspecified atom stereocenters. The van der Waals surface area contributed by atoms with Crippen LogP contribution in [0.5, 0.6) is 0 Å². The summed E-state index contributed by atoms with van der Waals surface area (Å²) in [5, 5.41) is 12.8. The molecule has 0 spiro atoms. The van der Waals surface area contributed by atoms with Crippen molar-refractivity contribution in [1.82, 2.24) is 24.9 Å². The van der Waals surface area contributed by atoms with Crippen molar-refractivity contribution in [3.8, 4) is 0 Å². The maximum absolute atomic E-state index is 6.33. The van der Waals surface area contributed by atoms with Crippen molar-refractivity contribution in [3.05, 3.63) is 34.4 Å². The Labute approximate surface area is 118 Å². The third kappa shape index (κ3) is 2.98. The topological polar surface area (TPSA) is 47.7 Å². The molecule has 1 N–H and O–H groups in total. The van der Waals surface area contributed by atoms with E-state index in [0.717, 1.165) is 41.7 Å². The van der Waals surface area contributed by atoms with Gasteiger partial charge in [-0.1, -0.05) is 18.5 Å². The highest BCUT2D eigenvalue weighted by molar-refractivity contribution is 6.31. The Morgan fingerprint density at radius 3 is 2.79 bits per heavy atom. The number of nitrogens with one attached hydrogen (secondary N) is 1. The van der Waals surface area contributed by atoms with Crippen LogP contribution in [-0.4, -0.2) is 26.1 Å². The van der Waals surface area contributed by atoms with E-state index >= 15 is 0 Å². The standard InChI is InChI=1S/C13H20ClN5/c1-4-15-8-11-6-7-16-19(11)9-12-13(14)10(3)17-18(12)5-2/h6-7,15H,4-5,8-9H2,1-3H3. The van der Waals surface area contributed by atoms with Crippen molar-refractivity contribution in [1.29, 1.82) is 0 Å². The fourth-order valence-electron chi connectivity index (χ4n) is 2.07. The van der Waals surface area contributed by atoms with E-state index in [1.54, 1.807) is 0 Å². The van der Waals surface area contributed by atoms with Crippen molar-refractivity contribution < 1.29 is 0 Å². The number of halogens is 1. The molecule has 0 bridgehead atoms. The van der Waals surface area contributed by atoms with Gasteiger partial charge in [-0.25, -0.2) is 0 Å². The molecule has 0 atom stereocenters. The third-order valence-electron chi connectivity index (χ3n) is 3.11. The largest absolute Gasteiger partial charge is 0.311 e. The molecule has 2 heterocycles. The van der Waals surface area contributed by atoms with Crippen LogP contribution in [0.25, 0.3) is 0 Å². The lowest BCUT2D eigenvalue weighted by Crippen LogP contribution is -2.17. The maximum atomic E-state index is 6.33. The second kappa shape index (κ2) is 6.21. The van der Waals surface area contributed by atoms with E-state index < -0.39 is 0 Å². The highest BCUT2D eigenvalue weighted by Gasteiger charge is 2.14. The van der Waals surface area contributed by atoms with Crippen LogP contribution in [0.1, 0.15) is 30.9 Å². The molecule has 0 aromatic carbocycles. The summed E-state index contributed by atoms with van der Waals surface area (Å²) in [6, 6.07) is 2.02. The molecule has 5 nitrogen and oxygen atoms in total. The van der Waals surface area contributed by atoms with Gasteiger partial charge in [0.15, 0.2) is 0 Å². The van der Waals surface area contributed by atoms with E-state index in [4.69, 9.17) is 11.6 Å². The lowest BCUT2D eigenvalue weighted by Gasteiger charge is -2.09. The molecule has 0 radical (unpaired) electrons. The molecule has 0 aliphatic carbocycles. The summed E-state index contributed by atoms with van der Waals surface area (Å²) >= 11 is 6.33. The normalized spacial score (nSPS) is 11.2. The van der Waals surface area contributed by atoms with Crippen molar-refractivity contribution in [3.63, 3.8) is 0 Å². The zero-order chi connectivity index (χ0) is 13.8. The lowest BCUT2D eigenvalue weighted by molar-refractivity contribution is 0.552. The smallest absolute Gasteiger partial charge is 0.0866 e. The molecule has 0 aliphatic heterocycles. The molecule has 0 amide bonds.